The molecule has 0 saturated carbocycles. The van der Waals surface area contributed by atoms with E-state index in [0.29, 0.717) is 5.56 Å². The van der Waals surface area contributed by atoms with Crippen LogP contribution in [-0.2, 0) is 6.42 Å². The van der Waals surface area contributed by atoms with E-state index < -0.39 is 0 Å². The van der Waals surface area contributed by atoms with Gasteiger partial charge in [-0.1, -0.05) is 19.1 Å². The number of hydrogen-bond donors (Lipinski definition) is 0. The molecule has 0 amide bonds. The minimum absolute atomic E-state index is 0.226. The predicted octanol–water partition coefficient (Wildman–Crippen LogP) is 5.09. The highest BCUT2D eigenvalue weighted by Gasteiger charge is 2.16. The van der Waals surface area contributed by atoms with E-state index in [4.69, 9.17) is 11.6 Å². The standard InChI is InChI=1S/C14H14ClFS/c1-3-10-5-7-13(17-10)14(15)11-6-4-9(2)8-12(11)16/h4-8,14H,3H2,1-2H3. The van der Waals surface area contributed by atoms with Crippen LogP contribution in [0.25, 0.3) is 0 Å². The zero-order valence-electron chi connectivity index (χ0n) is 9.84. The second-order valence-electron chi connectivity index (χ2n) is 4.05. The third-order valence-corrected chi connectivity index (χ3v) is 4.60. The van der Waals surface area contributed by atoms with E-state index in [2.05, 4.69) is 13.0 Å². The van der Waals surface area contributed by atoms with Gasteiger partial charge < -0.3 is 0 Å². The first kappa shape index (κ1) is 12.6. The summed E-state index contributed by atoms with van der Waals surface area (Å²) in [5.41, 5.74) is 1.47. The van der Waals surface area contributed by atoms with E-state index in [9.17, 15) is 4.39 Å². The van der Waals surface area contributed by atoms with Crippen LogP contribution >= 0.6 is 22.9 Å². The molecule has 90 valence electrons. The Hall–Kier alpha value is -0.860. The summed E-state index contributed by atoms with van der Waals surface area (Å²) in [6.45, 7) is 3.97. The summed E-state index contributed by atoms with van der Waals surface area (Å²) in [6.07, 6.45) is 0.991. The van der Waals surface area contributed by atoms with Gasteiger partial charge in [0.15, 0.2) is 0 Å². The predicted molar refractivity (Wildman–Crippen MR) is 72.5 cm³/mol. The summed E-state index contributed by atoms with van der Waals surface area (Å²) in [7, 11) is 0. The molecule has 3 heteroatoms. The molecular weight excluding hydrogens is 255 g/mol. The number of halogens is 2. The maximum Gasteiger partial charge on any atom is 0.128 e. The smallest absolute Gasteiger partial charge is 0.128 e. The maximum atomic E-state index is 13.8. The van der Waals surface area contributed by atoms with E-state index in [0.717, 1.165) is 16.9 Å². The second kappa shape index (κ2) is 5.19. The Morgan fingerprint density at radius 3 is 2.65 bits per heavy atom. The highest BCUT2D eigenvalue weighted by atomic mass is 35.5. The molecule has 0 spiro atoms. The molecule has 0 aliphatic carbocycles. The molecule has 1 atom stereocenters. The van der Waals surface area contributed by atoms with Gasteiger partial charge in [0.2, 0.25) is 0 Å². The lowest BCUT2D eigenvalue weighted by atomic mass is 10.1. The van der Waals surface area contributed by atoms with E-state index in [1.54, 1.807) is 17.4 Å². The first-order valence-corrected chi connectivity index (χ1v) is 6.86. The van der Waals surface area contributed by atoms with Crippen LogP contribution in [0.15, 0.2) is 30.3 Å². The van der Waals surface area contributed by atoms with Gasteiger partial charge in [0.25, 0.3) is 0 Å². The van der Waals surface area contributed by atoms with Crippen molar-refractivity contribution in [2.45, 2.75) is 25.6 Å². The van der Waals surface area contributed by atoms with E-state index in [-0.39, 0.29) is 11.2 Å². The minimum Gasteiger partial charge on any atom is -0.207 e. The Morgan fingerprint density at radius 2 is 2.06 bits per heavy atom. The first-order chi connectivity index (χ1) is 8.11. The molecule has 0 N–H and O–H groups in total. The molecule has 0 aliphatic rings. The molecule has 1 heterocycles. The summed E-state index contributed by atoms with van der Waals surface area (Å²) in [5.74, 6) is -0.226. The zero-order chi connectivity index (χ0) is 12.4. The van der Waals surface area contributed by atoms with Gasteiger partial charge in [-0.15, -0.1) is 22.9 Å². The lowest BCUT2D eigenvalue weighted by molar-refractivity contribution is 0.611. The van der Waals surface area contributed by atoms with Gasteiger partial charge in [0, 0.05) is 15.3 Å². The number of thiophene rings is 1. The summed E-state index contributed by atoms with van der Waals surface area (Å²) in [5, 5.41) is -0.388. The van der Waals surface area contributed by atoms with Crippen molar-refractivity contribution in [3.63, 3.8) is 0 Å². The molecule has 0 radical (unpaired) electrons. The van der Waals surface area contributed by atoms with Crippen molar-refractivity contribution in [2.24, 2.45) is 0 Å². The van der Waals surface area contributed by atoms with Crippen molar-refractivity contribution in [3.05, 3.63) is 57.0 Å². The zero-order valence-corrected chi connectivity index (χ0v) is 11.4. The number of hydrogen-bond acceptors (Lipinski definition) is 1. The summed E-state index contributed by atoms with van der Waals surface area (Å²) in [4.78, 5) is 2.28. The van der Waals surface area contributed by atoms with E-state index >= 15 is 0 Å². The molecule has 0 nitrogen and oxygen atoms in total. The Labute approximate surface area is 110 Å². The molecular formula is C14H14ClFS. The van der Waals surface area contributed by atoms with Gasteiger partial charge in [0.1, 0.15) is 5.82 Å². The van der Waals surface area contributed by atoms with Gasteiger partial charge in [-0.2, -0.15) is 0 Å². The van der Waals surface area contributed by atoms with Crippen LogP contribution in [0.5, 0.6) is 0 Å². The van der Waals surface area contributed by atoms with Crippen LogP contribution < -0.4 is 0 Å². The fourth-order valence-electron chi connectivity index (χ4n) is 1.71. The molecule has 0 aliphatic heterocycles. The highest BCUT2D eigenvalue weighted by molar-refractivity contribution is 7.12. The van der Waals surface area contributed by atoms with Gasteiger partial charge in [-0.05, 0) is 37.1 Å². The number of rotatable bonds is 3. The number of aryl methyl sites for hydroxylation is 2. The maximum absolute atomic E-state index is 13.8. The van der Waals surface area contributed by atoms with Crippen molar-refractivity contribution in [2.75, 3.05) is 0 Å². The van der Waals surface area contributed by atoms with Crippen LogP contribution in [0, 0.1) is 12.7 Å². The average Bonchev–Trinajstić information content (AvgIpc) is 2.76. The van der Waals surface area contributed by atoms with Crippen molar-refractivity contribution in [1.29, 1.82) is 0 Å². The Morgan fingerprint density at radius 1 is 1.29 bits per heavy atom. The molecule has 1 aromatic heterocycles. The molecule has 1 aromatic carbocycles. The minimum atomic E-state index is -0.388. The Balaban J connectivity index is 2.33. The quantitative estimate of drug-likeness (QED) is 0.681. The second-order valence-corrected chi connectivity index (χ2v) is 5.68. The van der Waals surface area contributed by atoms with Gasteiger partial charge in [-0.25, -0.2) is 4.39 Å². The molecule has 2 rings (SSSR count). The number of benzene rings is 1. The Bertz CT molecular complexity index is 519. The molecule has 1 unspecified atom stereocenters. The van der Waals surface area contributed by atoms with Crippen molar-refractivity contribution >= 4 is 22.9 Å². The normalized spacial score (nSPS) is 12.7. The first-order valence-electron chi connectivity index (χ1n) is 5.60. The Kier molecular flexibility index (Phi) is 3.85. The van der Waals surface area contributed by atoms with E-state index in [1.165, 1.54) is 10.9 Å². The van der Waals surface area contributed by atoms with Crippen LogP contribution in [0.4, 0.5) is 4.39 Å². The fourth-order valence-corrected chi connectivity index (χ4v) is 3.04. The lowest BCUT2D eigenvalue weighted by Gasteiger charge is -2.09. The fraction of sp³-hybridized carbons (Fsp3) is 0.286. The molecule has 0 bridgehead atoms. The van der Waals surface area contributed by atoms with Crippen molar-refractivity contribution in [1.82, 2.24) is 0 Å². The van der Waals surface area contributed by atoms with Crippen molar-refractivity contribution in [3.8, 4) is 0 Å². The van der Waals surface area contributed by atoms with Crippen molar-refractivity contribution < 1.29 is 4.39 Å². The lowest BCUT2D eigenvalue weighted by Crippen LogP contribution is -1.95. The highest BCUT2D eigenvalue weighted by Crippen LogP contribution is 2.35. The third kappa shape index (κ3) is 2.70. The molecule has 17 heavy (non-hydrogen) atoms. The van der Waals surface area contributed by atoms with Gasteiger partial charge in [0.05, 0.1) is 5.38 Å². The molecule has 0 saturated heterocycles. The number of alkyl halides is 1. The largest absolute Gasteiger partial charge is 0.207 e. The third-order valence-electron chi connectivity index (χ3n) is 2.71. The average molecular weight is 269 g/mol. The van der Waals surface area contributed by atoms with Gasteiger partial charge >= 0.3 is 0 Å². The summed E-state index contributed by atoms with van der Waals surface area (Å²) in [6, 6.07) is 9.23. The monoisotopic (exact) mass is 268 g/mol. The van der Waals surface area contributed by atoms with Crippen LogP contribution in [0.3, 0.4) is 0 Å². The molecule has 0 fully saturated rings. The topological polar surface area (TPSA) is 0 Å². The SMILES string of the molecule is CCc1ccc(C(Cl)c2ccc(C)cc2F)s1. The summed E-state index contributed by atoms with van der Waals surface area (Å²) < 4.78 is 13.8. The van der Waals surface area contributed by atoms with Crippen LogP contribution in [0.1, 0.15) is 33.2 Å². The summed E-state index contributed by atoms with van der Waals surface area (Å²) >= 11 is 7.98. The molecule has 2 aromatic rings. The van der Waals surface area contributed by atoms with Gasteiger partial charge in [-0.3, -0.25) is 0 Å². The van der Waals surface area contributed by atoms with Crippen LogP contribution in [-0.4, -0.2) is 0 Å². The van der Waals surface area contributed by atoms with E-state index in [1.807, 2.05) is 19.1 Å². The van der Waals surface area contributed by atoms with Crippen LogP contribution in [0.2, 0.25) is 0 Å².